The molecule has 1 aromatic carbocycles. The third kappa shape index (κ3) is 1.91. The summed E-state index contributed by atoms with van der Waals surface area (Å²) in [4.78, 5) is 17.8. The Morgan fingerprint density at radius 3 is 2.65 bits per heavy atom. The second-order valence-electron chi connectivity index (χ2n) is 4.76. The van der Waals surface area contributed by atoms with Crippen molar-refractivity contribution in [3.63, 3.8) is 0 Å². The van der Waals surface area contributed by atoms with Gasteiger partial charge in [0.25, 0.3) is 0 Å². The number of aryl methyl sites for hydroxylation is 3. The van der Waals surface area contributed by atoms with Gasteiger partial charge in [-0.3, -0.25) is 4.79 Å². The van der Waals surface area contributed by atoms with E-state index in [9.17, 15) is 9.90 Å². The van der Waals surface area contributed by atoms with Crippen LogP contribution in [0.5, 0.6) is 5.75 Å². The van der Waals surface area contributed by atoms with Gasteiger partial charge in [0, 0.05) is 6.07 Å². The Bertz CT molecular complexity index is 877. The fourth-order valence-electron chi connectivity index (χ4n) is 2.21. The zero-order chi connectivity index (χ0) is 14.4. The Morgan fingerprint density at radius 1 is 1.25 bits per heavy atom. The first-order valence-corrected chi connectivity index (χ1v) is 6.98. The smallest absolute Gasteiger partial charge is 0.201 e. The van der Waals surface area contributed by atoms with E-state index in [-0.39, 0.29) is 11.2 Å². The van der Waals surface area contributed by atoms with E-state index in [1.807, 2.05) is 13.8 Å². The van der Waals surface area contributed by atoms with Gasteiger partial charge in [0.05, 0.1) is 26.5 Å². The molecule has 0 aliphatic carbocycles. The van der Waals surface area contributed by atoms with Gasteiger partial charge in [-0.15, -0.1) is 11.3 Å². The number of hydrogen-bond acceptors (Lipinski definition) is 5. The first kappa shape index (κ1) is 12.9. The van der Waals surface area contributed by atoms with E-state index in [1.54, 1.807) is 13.0 Å². The van der Waals surface area contributed by atoms with Crippen molar-refractivity contribution >= 4 is 22.3 Å². The van der Waals surface area contributed by atoms with Crippen molar-refractivity contribution in [1.82, 2.24) is 4.98 Å². The summed E-state index contributed by atoms with van der Waals surface area (Å²) in [7, 11) is 0. The molecule has 0 spiro atoms. The Kier molecular flexibility index (Phi) is 2.87. The number of rotatable bonds is 1. The summed E-state index contributed by atoms with van der Waals surface area (Å²) in [5.41, 5.74) is 2.29. The van der Waals surface area contributed by atoms with Crippen LogP contribution in [0.25, 0.3) is 21.4 Å². The highest BCUT2D eigenvalue weighted by Crippen LogP contribution is 2.30. The molecule has 2 aromatic heterocycles. The number of phenolic OH excluding ortho intramolecular Hbond substituents is 1. The molecule has 0 atom stereocenters. The minimum absolute atomic E-state index is 0.0962. The van der Waals surface area contributed by atoms with Gasteiger partial charge in [-0.05, 0) is 32.4 Å². The van der Waals surface area contributed by atoms with Gasteiger partial charge in [0.15, 0.2) is 0 Å². The molecular weight excluding hydrogens is 274 g/mol. The molecule has 0 bridgehead atoms. The Labute approximate surface area is 119 Å². The number of phenols is 1. The van der Waals surface area contributed by atoms with Crippen LogP contribution in [0.1, 0.15) is 16.3 Å². The van der Waals surface area contributed by atoms with Crippen molar-refractivity contribution in [3.8, 4) is 16.2 Å². The van der Waals surface area contributed by atoms with Gasteiger partial charge in [-0.1, -0.05) is 0 Å². The van der Waals surface area contributed by atoms with E-state index in [2.05, 4.69) is 4.98 Å². The van der Waals surface area contributed by atoms with Crippen LogP contribution in [-0.2, 0) is 0 Å². The monoisotopic (exact) mass is 287 g/mol. The minimum atomic E-state index is -0.0962. The molecule has 4 nitrogen and oxygen atoms in total. The van der Waals surface area contributed by atoms with Crippen LogP contribution in [0.4, 0.5) is 0 Å². The second-order valence-corrected chi connectivity index (χ2v) is 5.96. The van der Waals surface area contributed by atoms with Gasteiger partial charge in [0.2, 0.25) is 5.43 Å². The lowest BCUT2D eigenvalue weighted by atomic mass is 10.1. The van der Waals surface area contributed by atoms with E-state index in [1.165, 1.54) is 23.7 Å². The zero-order valence-corrected chi connectivity index (χ0v) is 12.2. The molecule has 2 heterocycles. The average molecular weight is 287 g/mol. The predicted octanol–water partition coefficient (Wildman–Crippen LogP) is 3.55. The Balaban J connectivity index is 2.34. The molecule has 0 aliphatic rings. The van der Waals surface area contributed by atoms with E-state index in [0.29, 0.717) is 22.1 Å². The maximum absolute atomic E-state index is 12.6. The standard InChI is InChI=1S/C15H13NO3S/c1-7-4-10-13(5-12(7)17)19-6-11(14(10)18)15-8(2)16-9(3)20-15/h4-6,17H,1-3H3. The molecule has 3 rings (SSSR count). The first-order valence-electron chi connectivity index (χ1n) is 6.17. The molecule has 0 amide bonds. The Hall–Kier alpha value is -2.14. The number of thiazole rings is 1. The van der Waals surface area contributed by atoms with Crippen molar-refractivity contribution in [2.75, 3.05) is 0 Å². The van der Waals surface area contributed by atoms with Crippen molar-refractivity contribution in [3.05, 3.63) is 44.9 Å². The van der Waals surface area contributed by atoms with E-state index in [4.69, 9.17) is 4.42 Å². The number of benzene rings is 1. The summed E-state index contributed by atoms with van der Waals surface area (Å²) in [6.45, 7) is 5.54. The molecule has 5 heteroatoms. The summed E-state index contributed by atoms with van der Waals surface area (Å²) in [6.07, 6.45) is 1.44. The van der Waals surface area contributed by atoms with Crippen LogP contribution in [0.2, 0.25) is 0 Å². The maximum atomic E-state index is 12.6. The highest BCUT2D eigenvalue weighted by Gasteiger charge is 2.15. The lowest BCUT2D eigenvalue weighted by Gasteiger charge is -2.04. The summed E-state index contributed by atoms with van der Waals surface area (Å²) in [6, 6.07) is 3.13. The van der Waals surface area contributed by atoms with E-state index in [0.717, 1.165) is 15.6 Å². The molecule has 0 saturated carbocycles. The summed E-state index contributed by atoms with van der Waals surface area (Å²) >= 11 is 1.48. The molecule has 102 valence electrons. The van der Waals surface area contributed by atoms with Crippen molar-refractivity contribution in [1.29, 1.82) is 0 Å². The molecule has 0 unspecified atom stereocenters. The third-order valence-electron chi connectivity index (χ3n) is 3.24. The highest BCUT2D eigenvalue weighted by atomic mass is 32.1. The van der Waals surface area contributed by atoms with Gasteiger partial charge in [-0.2, -0.15) is 0 Å². The van der Waals surface area contributed by atoms with Crippen LogP contribution in [0, 0.1) is 20.8 Å². The van der Waals surface area contributed by atoms with Crippen LogP contribution in [0.3, 0.4) is 0 Å². The molecule has 0 saturated heterocycles. The van der Waals surface area contributed by atoms with E-state index < -0.39 is 0 Å². The summed E-state index contributed by atoms with van der Waals surface area (Å²) in [5.74, 6) is 0.123. The molecule has 3 aromatic rings. The summed E-state index contributed by atoms with van der Waals surface area (Å²) < 4.78 is 5.50. The van der Waals surface area contributed by atoms with Crippen molar-refractivity contribution in [2.24, 2.45) is 0 Å². The first-order chi connectivity index (χ1) is 9.47. The van der Waals surface area contributed by atoms with Crippen LogP contribution in [0.15, 0.2) is 27.6 Å². The largest absolute Gasteiger partial charge is 0.508 e. The average Bonchev–Trinajstić information content (AvgIpc) is 2.71. The van der Waals surface area contributed by atoms with Gasteiger partial charge >= 0.3 is 0 Å². The predicted molar refractivity (Wildman–Crippen MR) is 79.5 cm³/mol. The molecule has 0 aliphatic heterocycles. The number of aromatic hydroxyl groups is 1. The van der Waals surface area contributed by atoms with Crippen molar-refractivity contribution < 1.29 is 9.52 Å². The van der Waals surface area contributed by atoms with Gasteiger partial charge in [-0.25, -0.2) is 4.98 Å². The fraction of sp³-hybridized carbons (Fsp3) is 0.200. The number of aromatic nitrogens is 1. The lowest BCUT2D eigenvalue weighted by Crippen LogP contribution is -2.04. The number of nitrogens with zero attached hydrogens (tertiary/aromatic N) is 1. The maximum Gasteiger partial charge on any atom is 0.201 e. The van der Waals surface area contributed by atoms with Crippen molar-refractivity contribution in [2.45, 2.75) is 20.8 Å². The quantitative estimate of drug-likeness (QED) is 0.743. The topological polar surface area (TPSA) is 63.3 Å². The fourth-order valence-corrected chi connectivity index (χ4v) is 3.13. The van der Waals surface area contributed by atoms with E-state index >= 15 is 0 Å². The normalized spacial score (nSPS) is 11.2. The minimum Gasteiger partial charge on any atom is -0.508 e. The van der Waals surface area contributed by atoms with Crippen LogP contribution >= 0.6 is 11.3 Å². The SMILES string of the molecule is Cc1nc(C)c(-c2coc3cc(O)c(C)cc3c2=O)s1. The zero-order valence-electron chi connectivity index (χ0n) is 11.4. The molecular formula is C15H13NO3S. The molecule has 0 radical (unpaired) electrons. The van der Waals surface area contributed by atoms with Gasteiger partial charge in [0.1, 0.15) is 17.6 Å². The van der Waals surface area contributed by atoms with Gasteiger partial charge < -0.3 is 9.52 Å². The lowest BCUT2D eigenvalue weighted by molar-refractivity contribution is 0.470. The highest BCUT2D eigenvalue weighted by molar-refractivity contribution is 7.15. The number of fused-ring (bicyclic) bond motifs is 1. The summed E-state index contributed by atoms with van der Waals surface area (Å²) in [5, 5.41) is 11.1. The Morgan fingerprint density at radius 2 is 2.00 bits per heavy atom. The number of hydrogen-bond donors (Lipinski definition) is 1. The molecule has 0 fully saturated rings. The van der Waals surface area contributed by atoms with Crippen LogP contribution in [-0.4, -0.2) is 10.1 Å². The molecule has 20 heavy (non-hydrogen) atoms. The van der Waals surface area contributed by atoms with Crippen LogP contribution < -0.4 is 5.43 Å². The molecule has 1 N–H and O–H groups in total. The second kappa shape index (κ2) is 4.45. The third-order valence-corrected chi connectivity index (χ3v) is 4.35.